The first-order valence-electron chi connectivity index (χ1n) is 11.8. The van der Waals surface area contributed by atoms with Crippen LogP contribution in [0.2, 0.25) is 0 Å². The summed E-state index contributed by atoms with van der Waals surface area (Å²) in [7, 11) is 4.62. The molecule has 0 aliphatic carbocycles. The number of hydrogen-bond acceptors (Lipinski definition) is 8. The number of carbonyl (C=O) groups is 1. The smallest absolute Gasteiger partial charge is 0.323 e. The van der Waals surface area contributed by atoms with Crippen molar-refractivity contribution in [3.05, 3.63) is 99.2 Å². The summed E-state index contributed by atoms with van der Waals surface area (Å²) >= 11 is 1.20. The standard InChI is InChI=1S/C28H29N3O5S/c1-29-23(27(32)34-2)17-19-9-12-22(13-10-19)36-16-15-31-24-14-11-21(18-25(24)37-28(31)33)26(30-35-3)20-7-5-4-6-8-20/h4-14,18,23,29H,15-17H2,1-3H3. The highest BCUT2D eigenvalue weighted by atomic mass is 32.1. The molecular weight excluding hydrogens is 490 g/mol. The van der Waals surface area contributed by atoms with Crippen LogP contribution in [0.3, 0.4) is 0 Å². The van der Waals surface area contributed by atoms with Crippen LogP contribution in [0.15, 0.2) is 82.7 Å². The summed E-state index contributed by atoms with van der Waals surface area (Å²) in [6.07, 6.45) is 0.517. The van der Waals surface area contributed by atoms with E-state index in [0.717, 1.165) is 26.9 Å². The number of ether oxygens (including phenoxy) is 2. The third-order valence-corrected chi connectivity index (χ3v) is 6.89. The summed E-state index contributed by atoms with van der Waals surface area (Å²) in [5.74, 6) is 0.395. The van der Waals surface area contributed by atoms with Gasteiger partial charge in [-0.05, 0) is 43.3 Å². The highest BCUT2D eigenvalue weighted by Crippen LogP contribution is 2.22. The zero-order chi connectivity index (χ0) is 26.2. The Morgan fingerprint density at radius 2 is 1.78 bits per heavy atom. The Kier molecular flexibility index (Phi) is 8.71. The second-order valence-corrected chi connectivity index (χ2v) is 9.24. The third-order valence-electron chi connectivity index (χ3n) is 5.95. The van der Waals surface area contributed by atoms with Gasteiger partial charge in [-0.1, -0.05) is 65.0 Å². The number of thiazole rings is 1. The minimum atomic E-state index is -0.402. The number of esters is 1. The lowest BCUT2D eigenvalue weighted by molar-refractivity contribution is -0.142. The molecule has 192 valence electrons. The number of nitrogens with zero attached hydrogens (tertiary/aromatic N) is 2. The van der Waals surface area contributed by atoms with Crippen molar-refractivity contribution in [2.75, 3.05) is 27.9 Å². The van der Waals surface area contributed by atoms with Gasteiger partial charge in [0.2, 0.25) is 0 Å². The molecule has 0 radical (unpaired) electrons. The van der Waals surface area contributed by atoms with E-state index in [0.29, 0.717) is 31.0 Å². The van der Waals surface area contributed by atoms with E-state index < -0.39 is 6.04 Å². The van der Waals surface area contributed by atoms with Crippen molar-refractivity contribution in [2.45, 2.75) is 19.0 Å². The van der Waals surface area contributed by atoms with Crippen LogP contribution < -0.4 is 14.9 Å². The summed E-state index contributed by atoms with van der Waals surface area (Å²) in [6.45, 7) is 0.760. The molecule has 1 unspecified atom stereocenters. The number of fused-ring (bicyclic) bond motifs is 1. The van der Waals surface area contributed by atoms with E-state index in [1.807, 2.05) is 72.8 Å². The van der Waals surface area contributed by atoms with Gasteiger partial charge in [-0.25, -0.2) is 0 Å². The Balaban J connectivity index is 1.43. The largest absolute Gasteiger partial charge is 0.492 e. The van der Waals surface area contributed by atoms with Gasteiger partial charge in [0, 0.05) is 11.1 Å². The number of carbonyl (C=O) groups excluding carboxylic acids is 1. The first-order valence-corrected chi connectivity index (χ1v) is 12.6. The Labute approximate surface area is 219 Å². The molecule has 0 saturated carbocycles. The number of aromatic nitrogens is 1. The van der Waals surface area contributed by atoms with Crippen LogP contribution in [-0.2, 0) is 27.3 Å². The van der Waals surface area contributed by atoms with Crippen LogP contribution in [0, 0.1) is 0 Å². The van der Waals surface area contributed by atoms with Gasteiger partial charge in [-0.3, -0.25) is 14.2 Å². The minimum Gasteiger partial charge on any atom is -0.492 e. The molecule has 1 N–H and O–H groups in total. The van der Waals surface area contributed by atoms with E-state index in [4.69, 9.17) is 14.3 Å². The molecule has 1 heterocycles. The predicted octanol–water partition coefficient (Wildman–Crippen LogP) is 3.84. The first kappa shape index (κ1) is 26.1. The summed E-state index contributed by atoms with van der Waals surface area (Å²) < 4.78 is 13.3. The Hall–Kier alpha value is -3.95. The molecule has 4 aromatic rings. The van der Waals surface area contributed by atoms with Gasteiger partial charge < -0.3 is 19.6 Å². The van der Waals surface area contributed by atoms with Gasteiger partial charge >= 0.3 is 10.8 Å². The molecule has 0 aliphatic rings. The molecule has 4 rings (SSSR count). The highest BCUT2D eigenvalue weighted by Gasteiger charge is 2.17. The van der Waals surface area contributed by atoms with Crippen LogP contribution in [-0.4, -0.2) is 50.2 Å². The lowest BCUT2D eigenvalue weighted by Gasteiger charge is -2.14. The topological polar surface area (TPSA) is 91.1 Å². The summed E-state index contributed by atoms with van der Waals surface area (Å²) in [5, 5.41) is 7.17. The third kappa shape index (κ3) is 6.25. The normalized spacial score (nSPS) is 12.4. The van der Waals surface area contributed by atoms with Crippen molar-refractivity contribution in [2.24, 2.45) is 5.16 Å². The Morgan fingerprint density at radius 1 is 1.03 bits per heavy atom. The molecule has 0 fully saturated rings. The summed E-state index contributed by atoms with van der Waals surface area (Å²) in [4.78, 5) is 29.6. The zero-order valence-electron chi connectivity index (χ0n) is 21.0. The van der Waals surface area contributed by atoms with Gasteiger partial charge in [0.05, 0.1) is 23.9 Å². The van der Waals surface area contributed by atoms with Crippen molar-refractivity contribution < 1.29 is 19.1 Å². The lowest BCUT2D eigenvalue weighted by Crippen LogP contribution is -2.36. The summed E-state index contributed by atoms with van der Waals surface area (Å²) in [5.41, 5.74) is 4.35. The second kappa shape index (κ2) is 12.3. The number of oxime groups is 1. The van der Waals surface area contributed by atoms with Crippen molar-refractivity contribution in [1.29, 1.82) is 0 Å². The Bertz CT molecular complexity index is 1430. The minimum absolute atomic E-state index is 0.0445. The quantitative estimate of drug-likeness (QED) is 0.184. The van der Waals surface area contributed by atoms with Crippen molar-refractivity contribution in [3.63, 3.8) is 0 Å². The van der Waals surface area contributed by atoms with Crippen LogP contribution >= 0.6 is 11.3 Å². The van der Waals surface area contributed by atoms with Gasteiger partial charge in [-0.15, -0.1) is 0 Å². The maximum absolute atomic E-state index is 12.7. The summed E-state index contributed by atoms with van der Waals surface area (Å²) in [6, 6.07) is 22.8. The molecule has 0 saturated heterocycles. The van der Waals surface area contributed by atoms with Gasteiger partial charge in [-0.2, -0.15) is 0 Å². The molecule has 0 spiro atoms. The molecule has 1 aromatic heterocycles. The number of methoxy groups -OCH3 is 1. The maximum Gasteiger partial charge on any atom is 0.323 e. The molecule has 3 aromatic carbocycles. The molecule has 0 bridgehead atoms. The van der Waals surface area contributed by atoms with E-state index in [1.165, 1.54) is 25.6 Å². The average Bonchev–Trinajstić information content (AvgIpc) is 3.25. The molecule has 37 heavy (non-hydrogen) atoms. The number of benzene rings is 3. The van der Waals surface area contributed by atoms with Crippen LogP contribution in [0.4, 0.5) is 0 Å². The van der Waals surface area contributed by atoms with E-state index >= 15 is 0 Å². The molecule has 1 atom stereocenters. The zero-order valence-corrected chi connectivity index (χ0v) is 21.8. The Morgan fingerprint density at radius 3 is 2.46 bits per heavy atom. The number of hydrogen-bond donors (Lipinski definition) is 1. The van der Waals surface area contributed by atoms with E-state index in [1.54, 1.807) is 11.6 Å². The molecular formula is C28H29N3O5S. The molecule has 0 amide bonds. The fourth-order valence-electron chi connectivity index (χ4n) is 4.04. The van der Waals surface area contributed by atoms with Gasteiger partial charge in [0.1, 0.15) is 31.2 Å². The van der Waals surface area contributed by atoms with Gasteiger partial charge in [0.15, 0.2) is 0 Å². The number of rotatable bonds is 11. The molecule has 8 nitrogen and oxygen atoms in total. The highest BCUT2D eigenvalue weighted by molar-refractivity contribution is 7.16. The number of likely N-dealkylation sites (N-methyl/N-ethyl adjacent to an activating group) is 1. The number of nitrogens with one attached hydrogen (secondary N) is 1. The van der Waals surface area contributed by atoms with Crippen molar-refractivity contribution >= 4 is 33.2 Å². The molecule has 0 aliphatic heterocycles. The van der Waals surface area contributed by atoms with Crippen molar-refractivity contribution in [1.82, 2.24) is 9.88 Å². The van der Waals surface area contributed by atoms with Gasteiger partial charge in [0.25, 0.3) is 0 Å². The van der Waals surface area contributed by atoms with Crippen LogP contribution in [0.25, 0.3) is 10.2 Å². The fourth-order valence-corrected chi connectivity index (χ4v) is 5.00. The maximum atomic E-state index is 12.7. The second-order valence-electron chi connectivity index (χ2n) is 8.25. The van der Waals surface area contributed by atoms with E-state index in [-0.39, 0.29) is 10.8 Å². The average molecular weight is 520 g/mol. The monoisotopic (exact) mass is 519 g/mol. The van der Waals surface area contributed by atoms with Crippen molar-refractivity contribution in [3.8, 4) is 5.75 Å². The fraction of sp³-hybridized carbons (Fsp3) is 0.250. The SMILES string of the molecule is CNC(Cc1ccc(OCCn2c(=O)sc3cc(C(=NOC)c4ccccc4)ccc32)cc1)C(=O)OC. The molecule has 9 heteroatoms. The first-order chi connectivity index (χ1) is 18.0. The van der Waals surface area contributed by atoms with Crippen LogP contribution in [0.1, 0.15) is 16.7 Å². The van der Waals surface area contributed by atoms with E-state index in [2.05, 4.69) is 10.5 Å². The predicted molar refractivity (Wildman–Crippen MR) is 146 cm³/mol. The van der Waals surface area contributed by atoms with E-state index in [9.17, 15) is 9.59 Å². The van der Waals surface area contributed by atoms with Crippen LogP contribution in [0.5, 0.6) is 5.75 Å². The lowest BCUT2D eigenvalue weighted by atomic mass is 10.0.